The quantitative estimate of drug-likeness (QED) is 0.675. The molecule has 0 saturated heterocycles. The lowest BCUT2D eigenvalue weighted by molar-refractivity contribution is 0.558. The fourth-order valence-corrected chi connectivity index (χ4v) is 1.03. The molecule has 3 heteroatoms. The van der Waals surface area contributed by atoms with Crippen molar-refractivity contribution in [2.75, 3.05) is 0 Å². The van der Waals surface area contributed by atoms with E-state index in [4.69, 9.17) is 0 Å². The molecule has 0 fully saturated rings. The second-order valence-electron chi connectivity index (χ2n) is 2.80. The summed E-state index contributed by atoms with van der Waals surface area (Å²) in [6.45, 7) is 4.76. The average Bonchev–Trinajstić information content (AvgIpc) is 2.43. The summed E-state index contributed by atoms with van der Waals surface area (Å²) >= 11 is 0. The molecule has 67 valence electrons. The minimum atomic E-state index is -0.298. The van der Waals surface area contributed by atoms with Gasteiger partial charge in [0.15, 0.2) is 5.82 Å². The Balaban J connectivity index is 2.62. The zero-order valence-electron chi connectivity index (χ0n) is 7.60. The van der Waals surface area contributed by atoms with Gasteiger partial charge in [0.25, 0.3) is 0 Å². The maximum absolute atomic E-state index is 12.9. The second kappa shape index (κ2) is 4.24. The summed E-state index contributed by atoms with van der Waals surface area (Å²) in [7, 11) is 0. The Morgan fingerprint density at radius 3 is 2.75 bits per heavy atom. The molecule has 0 unspecified atom stereocenters. The van der Waals surface area contributed by atoms with Crippen LogP contribution in [0.4, 0.5) is 4.39 Å². The lowest BCUT2D eigenvalue weighted by Crippen LogP contribution is -1.98. The first-order chi connectivity index (χ1) is 5.77. The van der Waals surface area contributed by atoms with Crippen molar-refractivity contribution >= 4 is 0 Å². The first-order valence-electron chi connectivity index (χ1n) is 4.42. The van der Waals surface area contributed by atoms with Gasteiger partial charge in [-0.3, -0.25) is 4.68 Å². The van der Waals surface area contributed by atoms with Crippen LogP contribution in [0.25, 0.3) is 0 Å². The highest BCUT2D eigenvalue weighted by molar-refractivity contribution is 5.00. The van der Waals surface area contributed by atoms with Crippen LogP contribution in [-0.2, 0) is 13.0 Å². The van der Waals surface area contributed by atoms with E-state index in [1.54, 1.807) is 4.68 Å². The lowest BCUT2D eigenvalue weighted by Gasteiger charge is -1.96. The van der Waals surface area contributed by atoms with Crippen LogP contribution in [0.5, 0.6) is 0 Å². The van der Waals surface area contributed by atoms with E-state index in [2.05, 4.69) is 18.2 Å². The Morgan fingerprint density at radius 2 is 2.25 bits per heavy atom. The Labute approximate surface area is 72.4 Å². The van der Waals surface area contributed by atoms with Crippen molar-refractivity contribution in [3.05, 3.63) is 17.7 Å². The molecule has 0 saturated carbocycles. The molecule has 1 rings (SSSR count). The van der Waals surface area contributed by atoms with Crippen LogP contribution in [0.1, 0.15) is 32.4 Å². The number of halogens is 1. The van der Waals surface area contributed by atoms with Crippen molar-refractivity contribution in [3.63, 3.8) is 0 Å². The second-order valence-corrected chi connectivity index (χ2v) is 2.80. The van der Waals surface area contributed by atoms with Gasteiger partial charge in [0.05, 0.1) is 5.69 Å². The molecule has 0 aliphatic rings. The van der Waals surface area contributed by atoms with Gasteiger partial charge in [-0.15, -0.1) is 0 Å². The third-order valence-corrected chi connectivity index (χ3v) is 1.78. The average molecular weight is 169 g/mol. The van der Waals surface area contributed by atoms with Crippen molar-refractivity contribution in [1.29, 1.82) is 0 Å². The Bertz CT molecular complexity index is 243. The molecule has 2 nitrogen and oxygen atoms in total. The van der Waals surface area contributed by atoms with Crippen LogP contribution < -0.4 is 0 Å². The topological polar surface area (TPSA) is 17.8 Å². The van der Waals surface area contributed by atoms with Crippen molar-refractivity contribution in [2.24, 2.45) is 0 Å². The summed E-state index contributed by atoms with van der Waals surface area (Å²) in [5, 5.41) is 4.05. The normalized spacial score (nSPS) is 10.6. The first-order valence-corrected chi connectivity index (χ1v) is 4.42. The highest BCUT2D eigenvalue weighted by Crippen LogP contribution is 2.04. The third kappa shape index (κ3) is 2.06. The van der Waals surface area contributed by atoms with Crippen molar-refractivity contribution in [2.45, 2.75) is 39.7 Å². The molecule has 0 aliphatic heterocycles. The van der Waals surface area contributed by atoms with E-state index in [1.807, 2.05) is 6.92 Å². The number of aryl methyl sites for hydroxylation is 2. The number of hydrogen-bond acceptors (Lipinski definition) is 1. The van der Waals surface area contributed by atoms with Gasteiger partial charge < -0.3 is 0 Å². The van der Waals surface area contributed by atoms with Crippen molar-refractivity contribution in [3.8, 4) is 0 Å². The summed E-state index contributed by atoms with van der Waals surface area (Å²) in [5.41, 5.74) is 0.520. The zero-order chi connectivity index (χ0) is 8.97. The maximum atomic E-state index is 12.9. The number of hydrogen-bond donors (Lipinski definition) is 0. The van der Waals surface area contributed by atoms with Gasteiger partial charge in [-0.05, 0) is 12.8 Å². The van der Waals surface area contributed by atoms with E-state index in [1.165, 1.54) is 0 Å². The SMILES string of the molecule is CCCCn1[c]c(F)c(CC)n1. The molecule has 1 aromatic heterocycles. The molecule has 1 radical (unpaired) electrons. The monoisotopic (exact) mass is 169 g/mol. The molecule has 12 heavy (non-hydrogen) atoms. The van der Waals surface area contributed by atoms with Gasteiger partial charge in [-0.2, -0.15) is 5.10 Å². The summed E-state index contributed by atoms with van der Waals surface area (Å²) in [4.78, 5) is 0. The lowest BCUT2D eigenvalue weighted by atomic mass is 10.3. The van der Waals surface area contributed by atoms with Crippen molar-refractivity contribution in [1.82, 2.24) is 9.78 Å². The smallest absolute Gasteiger partial charge is 0.173 e. The van der Waals surface area contributed by atoms with Gasteiger partial charge in [0.1, 0.15) is 6.20 Å². The van der Waals surface area contributed by atoms with E-state index in [-0.39, 0.29) is 5.82 Å². The summed E-state index contributed by atoms with van der Waals surface area (Å²) in [6.07, 6.45) is 5.33. The first kappa shape index (κ1) is 9.23. The van der Waals surface area contributed by atoms with E-state index < -0.39 is 0 Å². The predicted molar refractivity (Wildman–Crippen MR) is 45.3 cm³/mol. The largest absolute Gasteiger partial charge is 0.260 e. The summed E-state index contributed by atoms with van der Waals surface area (Å²) < 4.78 is 14.5. The molecular formula is C9H14FN2. The van der Waals surface area contributed by atoms with Gasteiger partial charge in [-0.1, -0.05) is 20.3 Å². The molecule has 0 aliphatic carbocycles. The fourth-order valence-electron chi connectivity index (χ4n) is 1.03. The molecule has 0 aromatic carbocycles. The number of unbranched alkanes of at least 4 members (excludes halogenated alkanes) is 1. The molecule has 0 atom stereocenters. The highest BCUT2D eigenvalue weighted by atomic mass is 19.1. The Morgan fingerprint density at radius 1 is 1.50 bits per heavy atom. The summed E-state index contributed by atoms with van der Waals surface area (Å²) in [5.74, 6) is -0.298. The molecule has 0 bridgehead atoms. The molecule has 1 aromatic rings. The van der Waals surface area contributed by atoms with Gasteiger partial charge in [-0.25, -0.2) is 4.39 Å². The molecule has 0 amide bonds. The van der Waals surface area contributed by atoms with Crippen LogP contribution in [0, 0.1) is 12.0 Å². The van der Waals surface area contributed by atoms with E-state index in [9.17, 15) is 4.39 Å². The van der Waals surface area contributed by atoms with Crippen LogP contribution in [0.3, 0.4) is 0 Å². The highest BCUT2D eigenvalue weighted by Gasteiger charge is 2.05. The number of aromatic nitrogens is 2. The standard InChI is InChI=1S/C9H14FN2/c1-3-5-6-12-7-8(10)9(4-2)11-12/h3-6H2,1-2H3. The fraction of sp³-hybridized carbons (Fsp3) is 0.667. The zero-order valence-corrected chi connectivity index (χ0v) is 7.60. The van der Waals surface area contributed by atoms with Crippen molar-refractivity contribution < 1.29 is 4.39 Å². The minimum absolute atomic E-state index is 0.298. The van der Waals surface area contributed by atoms with Crippen LogP contribution in [0.15, 0.2) is 0 Å². The molecular weight excluding hydrogens is 155 g/mol. The van der Waals surface area contributed by atoms with Gasteiger partial charge in [0.2, 0.25) is 0 Å². The maximum Gasteiger partial charge on any atom is 0.173 e. The minimum Gasteiger partial charge on any atom is -0.260 e. The molecule has 0 spiro atoms. The predicted octanol–water partition coefficient (Wildman–Crippen LogP) is 2.18. The van der Waals surface area contributed by atoms with E-state index in [0.717, 1.165) is 19.4 Å². The van der Waals surface area contributed by atoms with Crippen LogP contribution in [0.2, 0.25) is 0 Å². The van der Waals surface area contributed by atoms with Gasteiger partial charge in [0, 0.05) is 6.54 Å². The van der Waals surface area contributed by atoms with Crippen LogP contribution in [-0.4, -0.2) is 9.78 Å². The molecule has 1 heterocycles. The molecule has 0 N–H and O–H groups in total. The Hall–Kier alpha value is -0.860. The van der Waals surface area contributed by atoms with E-state index in [0.29, 0.717) is 12.1 Å². The number of nitrogens with zero attached hydrogens (tertiary/aromatic N) is 2. The van der Waals surface area contributed by atoms with E-state index >= 15 is 0 Å². The summed E-state index contributed by atoms with van der Waals surface area (Å²) in [6, 6.07) is 0. The number of rotatable bonds is 4. The van der Waals surface area contributed by atoms with Crippen LogP contribution >= 0.6 is 0 Å². The third-order valence-electron chi connectivity index (χ3n) is 1.78. The van der Waals surface area contributed by atoms with Gasteiger partial charge >= 0.3 is 0 Å². The Kier molecular flexibility index (Phi) is 3.26.